The predicted molar refractivity (Wildman–Crippen MR) is 107 cm³/mol. The molecule has 148 valence electrons. The van der Waals surface area contributed by atoms with Gasteiger partial charge in [0.1, 0.15) is 5.58 Å². The molecule has 0 radical (unpaired) electrons. The van der Waals surface area contributed by atoms with Crippen LogP contribution in [0.5, 0.6) is 11.5 Å². The fourth-order valence-corrected chi connectivity index (χ4v) is 4.17. The lowest BCUT2D eigenvalue weighted by atomic mass is 9.89. The highest BCUT2D eigenvalue weighted by Gasteiger charge is 2.28. The number of hydrogen-bond donors (Lipinski definition) is 0. The van der Waals surface area contributed by atoms with Crippen molar-refractivity contribution in [1.82, 2.24) is 4.90 Å². The number of likely N-dealkylation sites (tertiary alicyclic amines) is 1. The van der Waals surface area contributed by atoms with Crippen molar-refractivity contribution in [2.24, 2.45) is 5.92 Å². The lowest BCUT2D eigenvalue weighted by Gasteiger charge is -2.31. The van der Waals surface area contributed by atoms with Crippen molar-refractivity contribution >= 4 is 16.8 Å². The molecule has 0 spiro atoms. The van der Waals surface area contributed by atoms with Crippen LogP contribution >= 0.6 is 0 Å². The Kier molecular flexibility index (Phi) is 4.56. The molecule has 29 heavy (non-hydrogen) atoms. The summed E-state index contributed by atoms with van der Waals surface area (Å²) in [6.07, 6.45) is 3.31. The molecular weight excluding hydrogens is 370 g/mol. The van der Waals surface area contributed by atoms with E-state index in [-0.39, 0.29) is 23.9 Å². The zero-order valence-electron chi connectivity index (χ0n) is 15.9. The summed E-state index contributed by atoms with van der Waals surface area (Å²) in [6, 6.07) is 12.6. The third-order valence-electron chi connectivity index (χ3n) is 5.68. The van der Waals surface area contributed by atoms with Crippen LogP contribution in [-0.4, -0.2) is 30.6 Å². The highest BCUT2D eigenvalue weighted by atomic mass is 16.7. The van der Waals surface area contributed by atoms with E-state index < -0.39 is 0 Å². The second-order valence-electron chi connectivity index (χ2n) is 7.59. The number of Topliss-reactive ketones (excluding diaryl/α,β-unsaturated/α-hetero) is 1. The molecule has 6 nitrogen and oxygen atoms in total. The summed E-state index contributed by atoms with van der Waals surface area (Å²) < 4.78 is 16.4. The van der Waals surface area contributed by atoms with Gasteiger partial charge in [0.15, 0.2) is 22.7 Å². The van der Waals surface area contributed by atoms with Crippen molar-refractivity contribution in [2.45, 2.75) is 19.4 Å². The van der Waals surface area contributed by atoms with Crippen molar-refractivity contribution in [1.29, 1.82) is 0 Å². The zero-order chi connectivity index (χ0) is 19.8. The topological polar surface area (TPSA) is 69.0 Å². The number of hydrogen-bond acceptors (Lipinski definition) is 6. The normalized spacial score (nSPS) is 18.8. The van der Waals surface area contributed by atoms with Crippen LogP contribution in [0.15, 0.2) is 57.9 Å². The Bertz CT molecular complexity index is 1140. The minimum absolute atomic E-state index is 0.00364. The van der Waals surface area contributed by atoms with Gasteiger partial charge in [-0.3, -0.25) is 14.5 Å². The predicted octanol–water partition coefficient (Wildman–Crippen LogP) is 3.62. The molecule has 2 aromatic carbocycles. The molecule has 2 aliphatic heterocycles. The van der Waals surface area contributed by atoms with Crippen LogP contribution in [0.4, 0.5) is 0 Å². The third kappa shape index (κ3) is 3.40. The van der Waals surface area contributed by atoms with Gasteiger partial charge in [0.25, 0.3) is 0 Å². The first-order valence-electron chi connectivity index (χ1n) is 9.85. The fraction of sp³-hybridized carbons (Fsp3) is 0.304. The number of ketones is 1. The maximum atomic E-state index is 13.0. The van der Waals surface area contributed by atoms with Gasteiger partial charge >= 0.3 is 0 Å². The van der Waals surface area contributed by atoms with Gasteiger partial charge < -0.3 is 13.9 Å². The fourth-order valence-electron chi connectivity index (χ4n) is 4.17. The van der Waals surface area contributed by atoms with Gasteiger partial charge in [-0.25, -0.2) is 0 Å². The maximum Gasteiger partial charge on any atom is 0.231 e. The second kappa shape index (κ2) is 7.37. The number of ether oxygens (including phenoxy) is 2. The Morgan fingerprint density at radius 3 is 2.90 bits per heavy atom. The molecular formula is C23H21NO5. The first-order valence-corrected chi connectivity index (χ1v) is 9.85. The smallest absolute Gasteiger partial charge is 0.231 e. The summed E-state index contributed by atoms with van der Waals surface area (Å²) >= 11 is 0. The van der Waals surface area contributed by atoms with Crippen LogP contribution in [0.2, 0.25) is 0 Å². The van der Waals surface area contributed by atoms with E-state index >= 15 is 0 Å². The van der Waals surface area contributed by atoms with Gasteiger partial charge in [0, 0.05) is 30.1 Å². The molecule has 3 heterocycles. The molecule has 1 fully saturated rings. The molecule has 0 amide bonds. The monoisotopic (exact) mass is 391 g/mol. The molecule has 1 saturated heterocycles. The van der Waals surface area contributed by atoms with Crippen LogP contribution in [0.25, 0.3) is 11.0 Å². The van der Waals surface area contributed by atoms with E-state index in [9.17, 15) is 9.59 Å². The minimum atomic E-state index is -0.100. The Morgan fingerprint density at radius 2 is 1.97 bits per heavy atom. The number of rotatable bonds is 4. The summed E-state index contributed by atoms with van der Waals surface area (Å²) in [5.74, 6) is 1.31. The number of fused-ring (bicyclic) bond motifs is 2. The highest BCUT2D eigenvalue weighted by Crippen LogP contribution is 2.34. The number of carbonyl (C=O) groups is 1. The number of piperidine rings is 1. The quantitative estimate of drug-likeness (QED) is 0.633. The van der Waals surface area contributed by atoms with E-state index in [2.05, 4.69) is 4.90 Å². The van der Waals surface area contributed by atoms with Crippen LogP contribution in [-0.2, 0) is 6.54 Å². The van der Waals surface area contributed by atoms with E-state index in [1.54, 1.807) is 36.6 Å². The summed E-state index contributed by atoms with van der Waals surface area (Å²) in [5, 5.41) is 0.593. The lowest BCUT2D eigenvalue weighted by Crippen LogP contribution is -2.39. The highest BCUT2D eigenvalue weighted by molar-refractivity contribution is 5.98. The lowest BCUT2D eigenvalue weighted by molar-refractivity contribution is 0.0810. The maximum absolute atomic E-state index is 13.0. The molecule has 1 unspecified atom stereocenters. The van der Waals surface area contributed by atoms with Gasteiger partial charge in [-0.1, -0.05) is 12.1 Å². The Labute approximate surface area is 167 Å². The van der Waals surface area contributed by atoms with Crippen molar-refractivity contribution in [2.75, 3.05) is 19.9 Å². The molecule has 3 aromatic rings. The first-order chi connectivity index (χ1) is 14.2. The molecule has 5 rings (SSSR count). The summed E-state index contributed by atoms with van der Waals surface area (Å²) in [7, 11) is 0. The number of nitrogens with zero attached hydrogens (tertiary/aromatic N) is 1. The minimum Gasteiger partial charge on any atom is -0.464 e. The molecule has 1 aromatic heterocycles. The molecule has 0 N–H and O–H groups in total. The Hall–Kier alpha value is -3.12. The summed E-state index contributed by atoms with van der Waals surface area (Å²) in [4.78, 5) is 28.0. The average Bonchev–Trinajstić information content (AvgIpc) is 3.23. The molecule has 0 aliphatic carbocycles. The van der Waals surface area contributed by atoms with Gasteiger partial charge in [-0.05, 0) is 49.7 Å². The molecule has 0 saturated carbocycles. The molecule has 0 bridgehead atoms. The number of benzene rings is 2. The Balaban J connectivity index is 1.33. The van der Waals surface area contributed by atoms with Crippen molar-refractivity contribution in [3.8, 4) is 11.5 Å². The van der Waals surface area contributed by atoms with Crippen LogP contribution < -0.4 is 14.9 Å². The van der Waals surface area contributed by atoms with Gasteiger partial charge in [-0.15, -0.1) is 0 Å². The third-order valence-corrected chi connectivity index (χ3v) is 5.68. The van der Waals surface area contributed by atoms with Gasteiger partial charge in [0.2, 0.25) is 6.79 Å². The standard InChI is InChI=1S/C23H21NO5/c25-22(15-7-8-20-21(10-15)29-14-28-20)16-4-3-9-24(11-16)12-17-13-27-19-6-2-1-5-18(19)23(17)26/h1-2,5-8,10,13,16H,3-4,9,11-12,14H2. The average molecular weight is 391 g/mol. The SMILES string of the molecule is O=C(c1ccc2c(c1)OCO2)C1CCCN(Cc2coc3ccccc3c2=O)C1. The van der Waals surface area contributed by atoms with Crippen molar-refractivity contribution in [3.63, 3.8) is 0 Å². The van der Waals surface area contributed by atoms with E-state index in [0.717, 1.165) is 19.4 Å². The summed E-state index contributed by atoms with van der Waals surface area (Å²) in [6.45, 7) is 2.16. The van der Waals surface area contributed by atoms with Gasteiger partial charge in [0.05, 0.1) is 11.6 Å². The first kappa shape index (κ1) is 17.9. The van der Waals surface area contributed by atoms with Crippen LogP contribution in [0.3, 0.4) is 0 Å². The Morgan fingerprint density at radius 1 is 1.10 bits per heavy atom. The number of para-hydroxylation sites is 1. The molecule has 1 atom stereocenters. The molecule has 6 heteroatoms. The van der Waals surface area contributed by atoms with Crippen molar-refractivity contribution < 1.29 is 18.7 Å². The molecule has 2 aliphatic rings. The second-order valence-corrected chi connectivity index (χ2v) is 7.59. The van der Waals surface area contributed by atoms with Crippen LogP contribution in [0, 0.1) is 5.92 Å². The van der Waals surface area contributed by atoms with E-state index in [1.165, 1.54) is 0 Å². The number of carbonyl (C=O) groups excluding carboxylic acids is 1. The largest absolute Gasteiger partial charge is 0.464 e. The van der Waals surface area contributed by atoms with Crippen LogP contribution in [0.1, 0.15) is 28.8 Å². The summed E-state index contributed by atoms with van der Waals surface area (Å²) in [5.41, 5.74) is 1.86. The van der Waals surface area contributed by atoms with E-state index in [1.807, 2.05) is 12.1 Å². The van der Waals surface area contributed by atoms with E-state index in [4.69, 9.17) is 13.9 Å². The zero-order valence-corrected chi connectivity index (χ0v) is 15.9. The van der Waals surface area contributed by atoms with E-state index in [0.29, 0.717) is 46.7 Å². The van der Waals surface area contributed by atoms with Gasteiger partial charge in [-0.2, -0.15) is 0 Å². The van der Waals surface area contributed by atoms with Crippen molar-refractivity contribution in [3.05, 3.63) is 70.1 Å².